The summed E-state index contributed by atoms with van der Waals surface area (Å²) in [6.45, 7) is 3.79. The van der Waals surface area contributed by atoms with Crippen LogP contribution in [0.25, 0.3) is 21.8 Å². The van der Waals surface area contributed by atoms with Gasteiger partial charge in [0.1, 0.15) is 5.25 Å². The highest BCUT2D eigenvalue weighted by Crippen LogP contribution is 2.44. The number of sulfonamides is 1. The fourth-order valence-electron chi connectivity index (χ4n) is 4.19. The van der Waals surface area contributed by atoms with Crippen LogP contribution < -0.4 is 5.14 Å². The third kappa shape index (κ3) is 5.23. The van der Waals surface area contributed by atoms with Crippen molar-refractivity contribution in [1.82, 2.24) is 19.9 Å². The molecule has 0 bridgehead atoms. The molecule has 33 heavy (non-hydrogen) atoms. The van der Waals surface area contributed by atoms with E-state index in [0.29, 0.717) is 39.9 Å². The number of hydrogen-bond donors (Lipinski definition) is 1. The molecule has 3 heterocycles. The van der Waals surface area contributed by atoms with E-state index in [-0.39, 0.29) is 5.28 Å². The van der Waals surface area contributed by atoms with Crippen LogP contribution in [-0.2, 0) is 10.0 Å². The largest absolute Gasteiger partial charge is 0.306 e. The molecule has 0 spiro atoms. The summed E-state index contributed by atoms with van der Waals surface area (Å²) in [4.78, 5) is 16.6. The Labute approximate surface area is 208 Å². The number of benzene rings is 1. The van der Waals surface area contributed by atoms with Gasteiger partial charge < -0.3 is 4.90 Å². The highest BCUT2D eigenvalue weighted by Gasteiger charge is 2.29. The van der Waals surface area contributed by atoms with Gasteiger partial charge >= 0.3 is 0 Å². The molecule has 7 nitrogen and oxygen atoms in total. The maximum atomic E-state index is 12.2. The second-order valence-electron chi connectivity index (χ2n) is 8.21. The number of piperidine rings is 1. The maximum Gasteiger partial charge on any atom is 0.222 e. The molecule has 176 valence electrons. The molecule has 1 aliphatic heterocycles. The van der Waals surface area contributed by atoms with Gasteiger partial charge in [-0.25, -0.2) is 28.5 Å². The first-order valence-electron chi connectivity index (χ1n) is 10.7. The lowest BCUT2D eigenvalue weighted by atomic mass is 9.98. The zero-order valence-corrected chi connectivity index (χ0v) is 21.5. The topological polar surface area (TPSA) is 102 Å². The number of likely N-dealkylation sites (tertiary alicyclic amines) is 1. The van der Waals surface area contributed by atoms with Gasteiger partial charge in [0.2, 0.25) is 15.3 Å². The molecule has 1 unspecified atom stereocenters. The van der Waals surface area contributed by atoms with E-state index in [4.69, 9.17) is 33.3 Å². The Morgan fingerprint density at radius 3 is 2.58 bits per heavy atom. The van der Waals surface area contributed by atoms with Crippen LogP contribution in [0, 0.1) is 0 Å². The number of nitrogens with zero attached hydrogens (tertiary/aromatic N) is 4. The SMILES string of the molecule is CCC(c1cccc(-c2nc(C3CCN(C)CC3)sc2-c2ccnc(Cl)n2)c1Cl)S(N)(=O)=O. The number of thiazole rings is 1. The molecule has 3 aromatic rings. The number of primary sulfonamides is 1. The minimum atomic E-state index is -3.82. The zero-order valence-electron chi connectivity index (χ0n) is 18.3. The van der Waals surface area contributed by atoms with Gasteiger partial charge in [0.15, 0.2) is 0 Å². The Balaban J connectivity index is 1.87. The Morgan fingerprint density at radius 1 is 1.21 bits per heavy atom. The Morgan fingerprint density at radius 2 is 1.94 bits per heavy atom. The summed E-state index contributed by atoms with van der Waals surface area (Å²) in [6, 6.07) is 7.13. The van der Waals surface area contributed by atoms with Gasteiger partial charge in [-0.15, -0.1) is 11.3 Å². The summed E-state index contributed by atoms with van der Waals surface area (Å²) in [7, 11) is -1.70. The van der Waals surface area contributed by atoms with E-state index in [2.05, 4.69) is 21.9 Å². The Kier molecular flexibility index (Phi) is 7.38. The Hall–Kier alpha value is -1.62. The van der Waals surface area contributed by atoms with Crippen LogP contribution in [0.2, 0.25) is 10.3 Å². The highest BCUT2D eigenvalue weighted by molar-refractivity contribution is 7.89. The lowest BCUT2D eigenvalue weighted by Crippen LogP contribution is -2.29. The maximum absolute atomic E-state index is 12.2. The van der Waals surface area contributed by atoms with E-state index >= 15 is 0 Å². The molecule has 0 saturated carbocycles. The molecule has 0 aliphatic carbocycles. The predicted octanol–water partition coefficient (Wildman–Crippen LogP) is 5.12. The highest BCUT2D eigenvalue weighted by atomic mass is 35.5. The fraction of sp³-hybridized carbons (Fsp3) is 0.409. The minimum absolute atomic E-state index is 0.146. The average molecular weight is 527 g/mol. The average Bonchev–Trinajstić information content (AvgIpc) is 3.20. The van der Waals surface area contributed by atoms with Gasteiger partial charge in [-0.3, -0.25) is 0 Å². The molecule has 1 saturated heterocycles. The molecule has 2 N–H and O–H groups in total. The van der Waals surface area contributed by atoms with Crippen molar-refractivity contribution in [3.63, 3.8) is 0 Å². The van der Waals surface area contributed by atoms with Crippen molar-refractivity contribution in [2.24, 2.45) is 5.14 Å². The van der Waals surface area contributed by atoms with Crippen LogP contribution in [0.3, 0.4) is 0 Å². The van der Waals surface area contributed by atoms with E-state index in [0.717, 1.165) is 35.8 Å². The quantitative estimate of drug-likeness (QED) is 0.447. The number of hydrogen-bond acceptors (Lipinski definition) is 7. The smallest absolute Gasteiger partial charge is 0.222 e. The number of halogens is 2. The van der Waals surface area contributed by atoms with Crippen molar-refractivity contribution in [2.45, 2.75) is 37.4 Å². The first-order valence-corrected chi connectivity index (χ1v) is 13.9. The van der Waals surface area contributed by atoms with E-state index in [9.17, 15) is 8.42 Å². The van der Waals surface area contributed by atoms with Gasteiger partial charge in [-0.2, -0.15) is 0 Å². The van der Waals surface area contributed by atoms with Crippen molar-refractivity contribution < 1.29 is 8.42 Å². The molecule has 1 atom stereocenters. The lowest BCUT2D eigenvalue weighted by molar-refractivity contribution is 0.255. The molecule has 1 aromatic carbocycles. The molecule has 0 radical (unpaired) electrons. The summed E-state index contributed by atoms with van der Waals surface area (Å²) in [6.07, 6.45) is 3.96. The van der Waals surface area contributed by atoms with Crippen molar-refractivity contribution in [2.75, 3.05) is 20.1 Å². The third-order valence-corrected chi connectivity index (χ3v) is 9.19. The molecule has 1 aliphatic rings. The first-order chi connectivity index (χ1) is 15.7. The third-order valence-electron chi connectivity index (χ3n) is 5.97. The molecule has 0 amide bonds. The van der Waals surface area contributed by atoms with Gasteiger partial charge in [-0.05, 0) is 62.6 Å². The van der Waals surface area contributed by atoms with Crippen LogP contribution in [0.4, 0.5) is 0 Å². The number of rotatable bonds is 6. The van der Waals surface area contributed by atoms with Crippen molar-refractivity contribution in [3.8, 4) is 21.8 Å². The monoisotopic (exact) mass is 525 g/mol. The summed E-state index contributed by atoms with van der Waals surface area (Å²) in [5.74, 6) is 0.339. The van der Waals surface area contributed by atoms with Gasteiger partial charge in [0.25, 0.3) is 0 Å². The number of nitrogens with two attached hydrogens (primary N) is 1. The van der Waals surface area contributed by atoms with Crippen LogP contribution in [-0.4, -0.2) is 48.4 Å². The normalized spacial score (nSPS) is 16.8. The summed E-state index contributed by atoms with van der Waals surface area (Å²) >= 11 is 14.5. The molecule has 4 rings (SSSR count). The van der Waals surface area contributed by atoms with Crippen LogP contribution in [0.5, 0.6) is 0 Å². The summed E-state index contributed by atoms with van der Waals surface area (Å²) in [5.41, 5.74) is 2.44. The molecule has 2 aromatic heterocycles. The molecule has 11 heteroatoms. The number of aromatic nitrogens is 3. The van der Waals surface area contributed by atoms with Crippen molar-refractivity contribution >= 4 is 44.6 Å². The summed E-state index contributed by atoms with van der Waals surface area (Å²) in [5, 5.41) is 6.10. The second kappa shape index (κ2) is 9.93. The minimum Gasteiger partial charge on any atom is -0.306 e. The molecular formula is C22H25Cl2N5O2S2. The van der Waals surface area contributed by atoms with Crippen molar-refractivity contribution in [3.05, 3.63) is 51.3 Å². The standard InChI is InChI=1S/C22H25Cl2N5O2S2/c1-3-17(33(25,30)31)14-5-4-6-15(18(14)23)19-20(16-7-10-26-22(24)27-16)32-21(28-19)13-8-11-29(2)12-9-13/h4-7,10,13,17H,3,8-9,11-12H2,1-2H3,(H2,25,30,31). The van der Waals surface area contributed by atoms with E-state index in [1.165, 1.54) is 0 Å². The zero-order chi connectivity index (χ0) is 23.8. The predicted molar refractivity (Wildman–Crippen MR) is 134 cm³/mol. The van der Waals surface area contributed by atoms with Crippen LogP contribution in [0.15, 0.2) is 30.5 Å². The fourth-order valence-corrected chi connectivity index (χ4v) is 6.99. The van der Waals surface area contributed by atoms with E-state index in [1.807, 2.05) is 6.07 Å². The first kappa shape index (κ1) is 24.5. The van der Waals surface area contributed by atoms with E-state index in [1.54, 1.807) is 42.7 Å². The van der Waals surface area contributed by atoms with Crippen LogP contribution in [0.1, 0.15) is 47.9 Å². The Bertz CT molecular complexity index is 1260. The van der Waals surface area contributed by atoms with Gasteiger partial charge in [-0.1, -0.05) is 36.7 Å². The lowest BCUT2D eigenvalue weighted by Gasteiger charge is -2.27. The van der Waals surface area contributed by atoms with Gasteiger partial charge in [0, 0.05) is 17.7 Å². The van der Waals surface area contributed by atoms with E-state index < -0.39 is 15.3 Å². The molecular weight excluding hydrogens is 501 g/mol. The molecule has 1 fully saturated rings. The summed E-state index contributed by atoms with van der Waals surface area (Å²) < 4.78 is 24.4. The van der Waals surface area contributed by atoms with Crippen LogP contribution >= 0.6 is 34.5 Å². The second-order valence-corrected chi connectivity index (χ2v) is 11.7. The van der Waals surface area contributed by atoms with Crippen molar-refractivity contribution in [1.29, 1.82) is 0 Å². The van der Waals surface area contributed by atoms with Gasteiger partial charge in [0.05, 0.1) is 26.3 Å².